The van der Waals surface area contributed by atoms with Crippen LogP contribution in [0.5, 0.6) is 11.5 Å². The zero-order chi connectivity index (χ0) is 94.5. The number of fused-ring (bicyclic) bond motifs is 13. The zero-order valence-corrected chi connectivity index (χ0v) is 72.3. The number of benzene rings is 14. The Morgan fingerprint density at radius 3 is 0.855 bits per heavy atom. The molecular formula is C88H44F26O7S10+6. The van der Waals surface area contributed by atoms with Crippen molar-refractivity contribution in [3.8, 4) is 11.5 Å². The second-order valence-electron chi connectivity index (χ2n) is 27.4. The monoisotopic (exact) mass is 2030 g/mol. The fraction of sp³-hybridized carbons (Fsp3) is 0.0455. The summed E-state index contributed by atoms with van der Waals surface area (Å²) in [5.41, 5.74) is -18.4. The van der Waals surface area contributed by atoms with Crippen molar-refractivity contribution in [3.05, 3.63) is 348 Å². The number of hydrogen-bond acceptors (Lipinski definition) is 7. The number of hydrogen-bond donors (Lipinski definition) is 0. The average molecular weight is 2030 g/mol. The van der Waals surface area contributed by atoms with E-state index in [0.717, 1.165) is 158 Å². The van der Waals surface area contributed by atoms with Gasteiger partial charge in [-0.05, 0) is 206 Å². The first-order valence-electron chi connectivity index (χ1n) is 36.4. The largest absolute Gasteiger partial charge is 0.601 e. The Morgan fingerprint density at radius 1 is 0.229 bits per heavy atom. The van der Waals surface area contributed by atoms with E-state index >= 15 is 0 Å². The lowest BCUT2D eigenvalue weighted by atomic mass is 10.1. The fourth-order valence-electron chi connectivity index (χ4n) is 13.8. The van der Waals surface area contributed by atoms with E-state index < -0.39 is 223 Å². The molecule has 674 valence electrons. The summed E-state index contributed by atoms with van der Waals surface area (Å²) in [5, 5.41) is 0.241. The molecule has 0 spiro atoms. The summed E-state index contributed by atoms with van der Waals surface area (Å²) in [6.45, 7) is 0. The molecule has 0 saturated heterocycles. The molecule has 15 aromatic rings. The third kappa shape index (κ3) is 19.1. The summed E-state index contributed by atoms with van der Waals surface area (Å²) < 4.78 is 428. The van der Waals surface area contributed by atoms with E-state index in [1.165, 1.54) is 84.9 Å². The lowest BCUT2D eigenvalue weighted by molar-refractivity contribution is -0.0863. The lowest BCUT2D eigenvalue weighted by Gasteiger charge is -2.20. The molecule has 20 rings (SSSR count). The van der Waals surface area contributed by atoms with E-state index in [2.05, 4.69) is 0 Å². The molecule has 0 amide bonds. The van der Waals surface area contributed by atoms with Crippen LogP contribution in [-0.2, 0) is 101 Å². The van der Waals surface area contributed by atoms with Gasteiger partial charge in [-0.1, -0.05) is 0 Å². The number of halogens is 26. The SMILES string of the molecule is Fc1ccc2c(c1)Oc1cc(F)ccc1[S+]2C(F)(F)F.Fc1ccc2c(c1)c1cc(F)ccc1[s+]2C(F)(F)F.O=S1(=O)c2cc(F)ccc2[S+](C(F)(F)F)c2ccc(F)cc21.O=S1(=O)c2ccc(F)cc2[S+](c2ccc(F)cc2)c2cc(F)ccc21.O=S1c2cc(F)ccc2[S+](C(F)(F)F)c2ccc(F)cc21.O=S1c2ccc(F)cc2[S+](c2ccc(F)cc2)c2cc(F)ccc21. The molecule has 5 aliphatic heterocycles. The summed E-state index contributed by atoms with van der Waals surface area (Å²) in [7, 11) is -23.1. The van der Waals surface area contributed by atoms with Crippen LogP contribution >= 0.6 is 10.5 Å². The van der Waals surface area contributed by atoms with Gasteiger partial charge >= 0.3 is 22.0 Å². The van der Waals surface area contributed by atoms with Gasteiger partial charge in [-0.3, -0.25) is 0 Å². The van der Waals surface area contributed by atoms with Crippen LogP contribution in [-0.4, -0.2) is 41.8 Å². The number of rotatable bonds is 2. The van der Waals surface area contributed by atoms with Crippen molar-refractivity contribution in [1.82, 2.24) is 0 Å². The summed E-state index contributed by atoms with van der Waals surface area (Å²) in [6.07, 6.45) is 0. The van der Waals surface area contributed by atoms with Crippen molar-refractivity contribution >= 4 is 126 Å². The highest BCUT2D eigenvalue weighted by Crippen LogP contribution is 2.57. The minimum Gasteiger partial charge on any atom is -0.447 e. The summed E-state index contributed by atoms with van der Waals surface area (Å²) in [6, 6.07) is 48.0. The second kappa shape index (κ2) is 36.3. The van der Waals surface area contributed by atoms with Crippen LogP contribution in [0.2, 0.25) is 0 Å². The number of thiophene rings is 1. The smallest absolute Gasteiger partial charge is 0.447 e. The number of sulfone groups is 2. The van der Waals surface area contributed by atoms with Gasteiger partial charge in [0, 0.05) is 60.7 Å². The maximum Gasteiger partial charge on any atom is 0.601 e. The van der Waals surface area contributed by atoms with Gasteiger partial charge < -0.3 is 4.74 Å². The van der Waals surface area contributed by atoms with Gasteiger partial charge in [0.05, 0.1) is 32.4 Å². The van der Waals surface area contributed by atoms with E-state index in [0.29, 0.717) is 41.5 Å². The number of ether oxygens (including phenoxy) is 1. The molecule has 0 fully saturated rings. The Bertz CT molecular complexity index is 7060. The van der Waals surface area contributed by atoms with Crippen molar-refractivity contribution in [2.24, 2.45) is 0 Å². The molecule has 14 aromatic carbocycles. The zero-order valence-electron chi connectivity index (χ0n) is 64.2. The first-order valence-corrected chi connectivity index (χ1v) is 49.0. The highest BCUT2D eigenvalue weighted by molar-refractivity contribution is 8.02. The topological polar surface area (TPSA) is 112 Å². The standard InChI is InChI=1S/C18H10F3O2S2.C18H10F3OS2.C13H6F5O2S2.C13H6F5OS2.C13H6F5OS.C13H6F5S/c19-11-1-5-14(6-2-11)24-15-9-12(20)3-7-17(15)25(22,23)18-8-4-13(21)10-16(18)24;19-11-1-5-14(6-2-11)23-17-9-12(20)3-7-15(17)24(22)16-8-4-13(21)10-18(16)23;14-7-1-3-9-11(5-7)22(19,20)12-6-8(15)2-4-10(12)21(9)13(16,17)18;14-7-1-3-9-11(5-7)21(19)12-6-8(15)2-4-10(12)20(9)13(16,17)18;14-7-1-3-11-9(5-7)19-10-6-8(15)2-4-12(10)20(11)13(16,17)18;14-7-1-3-11-9(5-7)10-6-8(15)2-4-12(10)19(11)13(16,17)18/h1-10H;1-10H;1-6H;1-6H;1-6H;1-6H/q6*+1. The molecule has 131 heavy (non-hydrogen) atoms. The average Bonchev–Trinajstić information content (AvgIpc) is 1.31. The summed E-state index contributed by atoms with van der Waals surface area (Å²) in [4.78, 5) is -0.0697. The van der Waals surface area contributed by atoms with Gasteiger partial charge in [-0.2, -0.15) is 0 Å². The molecule has 43 heteroatoms. The second-order valence-corrected chi connectivity index (χ2v) is 45.7. The Labute approximate surface area is 744 Å². The maximum atomic E-state index is 13.8. The first-order chi connectivity index (χ1) is 61.6. The molecule has 0 unspecified atom stereocenters. The van der Waals surface area contributed by atoms with E-state index in [4.69, 9.17) is 4.74 Å². The van der Waals surface area contributed by atoms with Crippen molar-refractivity contribution in [1.29, 1.82) is 0 Å². The third-order valence-electron chi connectivity index (χ3n) is 19.1. The minimum absolute atomic E-state index is 0.00509. The molecule has 0 saturated carbocycles. The Balaban J connectivity index is 0.000000121. The van der Waals surface area contributed by atoms with Gasteiger partial charge in [0.25, 0.3) is 0 Å². The predicted octanol–water partition coefficient (Wildman–Crippen LogP) is 26.8. The molecule has 1 aromatic heterocycles. The molecule has 0 N–H and O–H groups in total. The van der Waals surface area contributed by atoms with Crippen molar-refractivity contribution in [2.75, 3.05) is 0 Å². The fourth-order valence-corrected chi connectivity index (χ4v) is 34.4. The van der Waals surface area contributed by atoms with E-state index in [9.17, 15) is 139 Å². The highest BCUT2D eigenvalue weighted by atomic mass is 32.2. The highest BCUT2D eigenvalue weighted by Gasteiger charge is 2.63. The normalized spacial score (nSPS) is 16.6. The van der Waals surface area contributed by atoms with Crippen LogP contribution in [0, 0.1) is 81.4 Å². The molecule has 6 heterocycles. The lowest BCUT2D eigenvalue weighted by Crippen LogP contribution is -2.31. The van der Waals surface area contributed by atoms with Gasteiger partial charge in [0.2, 0.25) is 29.5 Å². The van der Waals surface area contributed by atoms with Gasteiger partial charge in [-0.25, -0.2) is 86.7 Å². The molecule has 0 bridgehead atoms. The van der Waals surface area contributed by atoms with Crippen molar-refractivity contribution in [3.63, 3.8) is 0 Å². The van der Waals surface area contributed by atoms with Crippen LogP contribution in [0.25, 0.3) is 20.2 Å². The van der Waals surface area contributed by atoms with Gasteiger partial charge in [0.15, 0.2) is 103 Å². The molecule has 0 aliphatic carbocycles. The van der Waals surface area contributed by atoms with E-state index in [1.54, 1.807) is 12.1 Å². The minimum atomic E-state index is -4.77. The molecular weight excluding hydrogens is 1980 g/mol. The molecule has 0 radical (unpaired) electrons. The van der Waals surface area contributed by atoms with E-state index in [-0.39, 0.29) is 86.4 Å². The summed E-state index contributed by atoms with van der Waals surface area (Å²) >= 11 is 0. The van der Waals surface area contributed by atoms with E-state index in [1.807, 2.05) is 0 Å². The van der Waals surface area contributed by atoms with Crippen LogP contribution in [0.4, 0.5) is 114 Å². The van der Waals surface area contributed by atoms with Gasteiger partial charge in [-0.15, -0.1) is 52.7 Å². The quantitative estimate of drug-likeness (QED) is 0.0963. The van der Waals surface area contributed by atoms with Crippen molar-refractivity contribution < 1.29 is 144 Å². The predicted molar refractivity (Wildman–Crippen MR) is 436 cm³/mol. The Hall–Kier alpha value is -10.8. The van der Waals surface area contributed by atoms with Crippen LogP contribution in [0.1, 0.15) is 0 Å². The van der Waals surface area contributed by atoms with Gasteiger partial charge in [0.1, 0.15) is 153 Å². The number of alkyl halides is 12. The maximum absolute atomic E-state index is 13.8. The van der Waals surface area contributed by atoms with Crippen LogP contribution in [0.3, 0.4) is 0 Å². The summed E-state index contributed by atoms with van der Waals surface area (Å²) in [5.74, 6) is -9.62. The van der Waals surface area contributed by atoms with Crippen molar-refractivity contribution in [2.45, 2.75) is 120 Å². The Kier molecular flexibility index (Phi) is 26.3. The molecule has 7 nitrogen and oxygen atoms in total. The Morgan fingerprint density at radius 2 is 0.489 bits per heavy atom. The molecule has 0 atom stereocenters. The molecule has 5 aliphatic rings. The van der Waals surface area contributed by atoms with Crippen LogP contribution < -0.4 is 4.74 Å². The van der Waals surface area contributed by atoms with Crippen LogP contribution in [0.15, 0.2) is 365 Å². The first kappa shape index (κ1) is 94.9. The third-order valence-corrected chi connectivity index (χ3v) is 39.6.